The monoisotopic (exact) mass is 282 g/mol. The molecular formula is C12H20F2O3S. The van der Waals surface area contributed by atoms with Crippen LogP contribution in [0.25, 0.3) is 0 Å². The molecule has 1 rings (SSSR count). The maximum atomic E-state index is 13.1. The lowest BCUT2D eigenvalue weighted by Crippen LogP contribution is -2.30. The number of carbonyl (C=O) groups excluding carboxylic acids is 1. The van der Waals surface area contributed by atoms with Crippen LogP contribution in [0, 0.1) is 5.92 Å². The highest BCUT2D eigenvalue weighted by atomic mass is 32.2. The molecule has 0 heterocycles. The van der Waals surface area contributed by atoms with Crippen molar-refractivity contribution in [3.05, 3.63) is 0 Å². The van der Waals surface area contributed by atoms with Gasteiger partial charge in [-0.25, -0.2) is 17.2 Å². The van der Waals surface area contributed by atoms with Gasteiger partial charge in [-0.2, -0.15) is 0 Å². The molecule has 0 spiro atoms. The van der Waals surface area contributed by atoms with E-state index in [1.807, 2.05) is 0 Å². The fraction of sp³-hybridized carbons (Fsp3) is 0.917. The summed E-state index contributed by atoms with van der Waals surface area (Å²) in [6.45, 7) is 1.55. The Morgan fingerprint density at radius 1 is 1.39 bits per heavy atom. The van der Waals surface area contributed by atoms with Gasteiger partial charge in [-0.3, -0.25) is 4.79 Å². The highest BCUT2D eigenvalue weighted by Gasteiger charge is 2.38. The summed E-state index contributed by atoms with van der Waals surface area (Å²) in [4.78, 5) is 11.7. The van der Waals surface area contributed by atoms with E-state index in [4.69, 9.17) is 0 Å². The lowest BCUT2D eigenvalue weighted by atomic mass is 9.83. The van der Waals surface area contributed by atoms with E-state index in [1.54, 1.807) is 6.92 Å². The van der Waals surface area contributed by atoms with E-state index in [0.29, 0.717) is 12.8 Å². The third kappa shape index (κ3) is 5.00. The van der Waals surface area contributed by atoms with Crippen molar-refractivity contribution >= 4 is 15.6 Å². The second kappa shape index (κ2) is 6.08. The molecule has 0 saturated heterocycles. The summed E-state index contributed by atoms with van der Waals surface area (Å²) in [6.07, 6.45) is 0.718. The summed E-state index contributed by atoms with van der Waals surface area (Å²) in [5.41, 5.74) is 0. The number of hydrogen-bond donors (Lipinski definition) is 0. The van der Waals surface area contributed by atoms with Gasteiger partial charge in [0.25, 0.3) is 0 Å². The molecule has 1 saturated carbocycles. The van der Waals surface area contributed by atoms with E-state index >= 15 is 0 Å². The Bertz CT molecular complexity index is 390. The topological polar surface area (TPSA) is 51.2 Å². The first kappa shape index (κ1) is 15.5. The minimum atomic E-state index is -3.07. The number of hydrogen-bond acceptors (Lipinski definition) is 3. The van der Waals surface area contributed by atoms with Gasteiger partial charge in [-0.1, -0.05) is 6.92 Å². The number of alkyl halides is 2. The highest BCUT2D eigenvalue weighted by molar-refractivity contribution is 7.91. The molecule has 1 fully saturated rings. The van der Waals surface area contributed by atoms with Crippen molar-refractivity contribution in [2.75, 3.05) is 11.5 Å². The molecular weight excluding hydrogens is 262 g/mol. The van der Waals surface area contributed by atoms with Gasteiger partial charge in [-0.15, -0.1) is 0 Å². The van der Waals surface area contributed by atoms with Crippen LogP contribution in [0.15, 0.2) is 0 Å². The first-order valence-corrected chi connectivity index (χ1v) is 8.19. The smallest absolute Gasteiger partial charge is 0.248 e. The zero-order valence-electron chi connectivity index (χ0n) is 10.6. The molecule has 6 heteroatoms. The molecule has 0 amide bonds. The number of rotatable bonds is 6. The largest absolute Gasteiger partial charge is 0.299 e. The van der Waals surface area contributed by atoms with Crippen molar-refractivity contribution in [3.8, 4) is 0 Å². The highest BCUT2D eigenvalue weighted by Crippen LogP contribution is 2.37. The van der Waals surface area contributed by atoms with E-state index in [-0.39, 0.29) is 43.0 Å². The second-order valence-electron chi connectivity index (χ2n) is 4.96. The Hall–Kier alpha value is -0.520. The molecule has 0 aliphatic heterocycles. The van der Waals surface area contributed by atoms with Crippen molar-refractivity contribution in [1.82, 2.24) is 0 Å². The van der Waals surface area contributed by atoms with Crippen LogP contribution in [0.3, 0.4) is 0 Å². The van der Waals surface area contributed by atoms with Crippen LogP contribution in [0.5, 0.6) is 0 Å². The molecule has 1 aliphatic carbocycles. The fourth-order valence-corrected chi connectivity index (χ4v) is 3.13. The molecule has 0 bridgehead atoms. The van der Waals surface area contributed by atoms with E-state index in [2.05, 4.69) is 0 Å². The summed E-state index contributed by atoms with van der Waals surface area (Å²) >= 11 is 0. The third-order valence-corrected chi connectivity index (χ3v) is 5.20. The van der Waals surface area contributed by atoms with Crippen LogP contribution in [0.4, 0.5) is 8.78 Å². The quantitative estimate of drug-likeness (QED) is 0.752. The Morgan fingerprint density at radius 3 is 2.61 bits per heavy atom. The Labute approximate surface area is 107 Å². The summed E-state index contributed by atoms with van der Waals surface area (Å²) in [5, 5.41) is 0. The molecule has 0 aromatic heterocycles. The minimum Gasteiger partial charge on any atom is -0.299 e. The van der Waals surface area contributed by atoms with Crippen LogP contribution in [-0.2, 0) is 14.6 Å². The maximum Gasteiger partial charge on any atom is 0.248 e. The zero-order chi connectivity index (χ0) is 13.8. The van der Waals surface area contributed by atoms with Crippen molar-refractivity contribution in [2.45, 2.75) is 51.4 Å². The summed E-state index contributed by atoms with van der Waals surface area (Å²) < 4.78 is 48.7. The third-order valence-electron chi connectivity index (χ3n) is 3.41. The molecule has 3 nitrogen and oxygen atoms in total. The molecule has 1 aliphatic rings. The lowest BCUT2D eigenvalue weighted by Gasteiger charge is -2.27. The standard InChI is InChI=1S/C12H20F2O3S/c1-2-18(16,17)8-4-6-11(15)10-5-3-7-12(13,14)9-10/h10H,2-9H2,1H3. The van der Waals surface area contributed by atoms with Crippen LogP contribution in [0.1, 0.15) is 45.4 Å². The minimum absolute atomic E-state index is 0.0294. The number of carbonyl (C=O) groups is 1. The normalized spacial score (nSPS) is 23.8. The van der Waals surface area contributed by atoms with Gasteiger partial charge in [-0.05, 0) is 19.3 Å². The first-order chi connectivity index (χ1) is 8.26. The van der Waals surface area contributed by atoms with Crippen molar-refractivity contribution in [2.24, 2.45) is 5.92 Å². The first-order valence-electron chi connectivity index (χ1n) is 6.37. The van der Waals surface area contributed by atoms with Gasteiger partial charge in [0.05, 0.1) is 5.75 Å². The van der Waals surface area contributed by atoms with Gasteiger partial charge in [0, 0.05) is 30.9 Å². The Kier molecular flexibility index (Phi) is 5.25. The van der Waals surface area contributed by atoms with Crippen LogP contribution in [0.2, 0.25) is 0 Å². The van der Waals surface area contributed by atoms with E-state index in [0.717, 1.165) is 0 Å². The van der Waals surface area contributed by atoms with Gasteiger partial charge < -0.3 is 0 Å². The van der Waals surface area contributed by atoms with Gasteiger partial charge in [0.1, 0.15) is 15.6 Å². The predicted molar refractivity (Wildman–Crippen MR) is 65.5 cm³/mol. The van der Waals surface area contributed by atoms with E-state index < -0.39 is 21.7 Å². The fourth-order valence-electron chi connectivity index (χ4n) is 2.26. The SMILES string of the molecule is CCS(=O)(=O)CCCC(=O)C1CCCC(F)(F)C1. The number of Topliss-reactive ketones (excluding diaryl/α,β-unsaturated/α-hetero) is 1. The zero-order valence-corrected chi connectivity index (χ0v) is 11.4. The molecule has 0 N–H and O–H groups in total. The van der Waals surface area contributed by atoms with Crippen LogP contribution in [-0.4, -0.2) is 31.6 Å². The second-order valence-corrected chi connectivity index (χ2v) is 7.43. The van der Waals surface area contributed by atoms with Gasteiger partial charge in [0.2, 0.25) is 5.92 Å². The van der Waals surface area contributed by atoms with Gasteiger partial charge in [0.15, 0.2) is 0 Å². The van der Waals surface area contributed by atoms with Crippen molar-refractivity contribution in [1.29, 1.82) is 0 Å². The van der Waals surface area contributed by atoms with Crippen LogP contribution >= 0.6 is 0 Å². The van der Waals surface area contributed by atoms with E-state index in [9.17, 15) is 22.0 Å². The summed E-state index contributed by atoms with van der Waals surface area (Å²) in [7, 11) is -3.07. The maximum absolute atomic E-state index is 13.1. The molecule has 0 aromatic rings. The van der Waals surface area contributed by atoms with E-state index in [1.165, 1.54) is 0 Å². The average Bonchev–Trinajstić information content (AvgIpc) is 2.27. The molecule has 18 heavy (non-hydrogen) atoms. The number of ketones is 1. The average molecular weight is 282 g/mol. The Balaban J connectivity index is 2.37. The molecule has 0 radical (unpaired) electrons. The molecule has 106 valence electrons. The molecule has 1 unspecified atom stereocenters. The predicted octanol–water partition coefficient (Wildman–Crippen LogP) is 2.60. The molecule has 1 atom stereocenters. The Morgan fingerprint density at radius 2 is 2.06 bits per heavy atom. The van der Waals surface area contributed by atoms with Crippen molar-refractivity contribution in [3.63, 3.8) is 0 Å². The van der Waals surface area contributed by atoms with Crippen LogP contribution < -0.4 is 0 Å². The summed E-state index contributed by atoms with van der Waals surface area (Å²) in [5.74, 6) is -3.49. The number of halogens is 2. The summed E-state index contributed by atoms with van der Waals surface area (Å²) in [6, 6.07) is 0. The van der Waals surface area contributed by atoms with Crippen molar-refractivity contribution < 1.29 is 22.0 Å². The van der Waals surface area contributed by atoms with Gasteiger partial charge >= 0.3 is 0 Å². The lowest BCUT2D eigenvalue weighted by molar-refractivity contribution is -0.130. The number of sulfone groups is 1. The molecule has 0 aromatic carbocycles.